The first-order chi connectivity index (χ1) is 13.9. The van der Waals surface area contributed by atoms with Gasteiger partial charge < -0.3 is 0 Å². The van der Waals surface area contributed by atoms with Gasteiger partial charge in [-0.3, -0.25) is 25.0 Å². The number of non-ortho nitro benzene ring substituents is 2. The zero-order chi connectivity index (χ0) is 21.2. The van der Waals surface area contributed by atoms with E-state index in [-0.39, 0.29) is 5.56 Å². The molecule has 0 radical (unpaired) electrons. The third-order valence-electron chi connectivity index (χ3n) is 4.25. The van der Waals surface area contributed by atoms with Crippen molar-refractivity contribution >= 4 is 23.0 Å². The van der Waals surface area contributed by atoms with E-state index in [2.05, 4.69) is 17.5 Å². The van der Waals surface area contributed by atoms with Gasteiger partial charge in [-0.25, -0.2) is 5.43 Å². The zero-order valence-corrected chi connectivity index (χ0v) is 16.0. The summed E-state index contributed by atoms with van der Waals surface area (Å²) in [5.41, 5.74) is 2.64. The van der Waals surface area contributed by atoms with Crippen LogP contribution in [0, 0.1) is 20.2 Å². The highest BCUT2D eigenvalue weighted by molar-refractivity contribution is 6.02. The van der Waals surface area contributed by atoms with Crippen LogP contribution >= 0.6 is 0 Å². The van der Waals surface area contributed by atoms with Crippen LogP contribution in [0.3, 0.4) is 0 Å². The average Bonchev–Trinajstić information content (AvgIpc) is 2.73. The average molecular weight is 398 g/mol. The summed E-state index contributed by atoms with van der Waals surface area (Å²) in [6, 6.07) is 12.1. The number of benzene rings is 2. The van der Waals surface area contributed by atoms with E-state index in [0.717, 1.165) is 49.4 Å². The number of nitrogens with zero attached hydrogens (tertiary/aromatic N) is 3. The molecule has 0 aliphatic carbocycles. The van der Waals surface area contributed by atoms with E-state index in [1.165, 1.54) is 0 Å². The molecule has 0 aliphatic heterocycles. The summed E-state index contributed by atoms with van der Waals surface area (Å²) in [6.45, 7) is 2.12. The Morgan fingerprint density at radius 2 is 1.55 bits per heavy atom. The quantitative estimate of drug-likeness (QED) is 0.270. The standard InChI is InChI=1S/C20H22N4O5/c1-2-3-4-8-11-19(15-9-6-5-7-10-15)21-22-20(25)16-12-17(23(26)27)14-18(13-16)24(28)29/h5-7,9-10,12-14H,2-4,8,11H2,1H3,(H,22,25). The Morgan fingerprint density at radius 3 is 2.10 bits per heavy atom. The first-order valence-electron chi connectivity index (χ1n) is 9.28. The molecule has 0 aliphatic rings. The number of unbranched alkanes of at least 4 members (excludes halogenated alkanes) is 3. The second-order valence-electron chi connectivity index (χ2n) is 6.43. The maximum absolute atomic E-state index is 12.4. The Balaban J connectivity index is 2.24. The Bertz CT molecular complexity index is 880. The monoisotopic (exact) mass is 398 g/mol. The summed E-state index contributed by atoms with van der Waals surface area (Å²) in [5, 5.41) is 26.2. The van der Waals surface area contributed by atoms with E-state index in [1.807, 2.05) is 30.3 Å². The van der Waals surface area contributed by atoms with E-state index >= 15 is 0 Å². The molecule has 0 heterocycles. The maximum atomic E-state index is 12.4. The summed E-state index contributed by atoms with van der Waals surface area (Å²) < 4.78 is 0. The van der Waals surface area contributed by atoms with Crippen LogP contribution in [0.1, 0.15) is 54.9 Å². The molecule has 2 aromatic carbocycles. The molecule has 1 amide bonds. The molecule has 9 nitrogen and oxygen atoms in total. The number of rotatable bonds is 10. The molecule has 29 heavy (non-hydrogen) atoms. The summed E-state index contributed by atoms with van der Waals surface area (Å²) in [5.74, 6) is -0.751. The maximum Gasteiger partial charge on any atom is 0.277 e. The van der Waals surface area contributed by atoms with Gasteiger partial charge in [0.25, 0.3) is 17.3 Å². The molecular formula is C20H22N4O5. The SMILES string of the molecule is CCCCCCC(=NNC(=O)c1cc([N+](=O)[O-])cc([N+](=O)[O-])c1)c1ccccc1. The Kier molecular flexibility index (Phi) is 7.96. The third kappa shape index (κ3) is 6.49. The molecule has 0 unspecified atom stereocenters. The lowest BCUT2D eigenvalue weighted by Crippen LogP contribution is -2.20. The van der Waals surface area contributed by atoms with Crippen LogP contribution in [0.5, 0.6) is 0 Å². The van der Waals surface area contributed by atoms with Gasteiger partial charge in [0.1, 0.15) is 0 Å². The smallest absolute Gasteiger partial charge is 0.267 e. The van der Waals surface area contributed by atoms with E-state index in [4.69, 9.17) is 0 Å². The van der Waals surface area contributed by atoms with Crippen molar-refractivity contribution in [3.63, 3.8) is 0 Å². The first-order valence-corrected chi connectivity index (χ1v) is 9.28. The lowest BCUT2D eigenvalue weighted by Gasteiger charge is -2.08. The molecule has 0 aromatic heterocycles. The van der Waals surface area contributed by atoms with E-state index in [9.17, 15) is 25.0 Å². The molecule has 0 bridgehead atoms. The van der Waals surface area contributed by atoms with Crippen molar-refractivity contribution in [3.05, 3.63) is 79.9 Å². The Morgan fingerprint density at radius 1 is 0.931 bits per heavy atom. The molecule has 2 rings (SSSR count). The van der Waals surface area contributed by atoms with Crippen molar-refractivity contribution in [3.8, 4) is 0 Å². The molecule has 9 heteroatoms. The van der Waals surface area contributed by atoms with Crippen LogP contribution in [0.2, 0.25) is 0 Å². The lowest BCUT2D eigenvalue weighted by molar-refractivity contribution is -0.394. The largest absolute Gasteiger partial charge is 0.277 e. The van der Waals surface area contributed by atoms with E-state index in [1.54, 1.807) is 0 Å². The fourth-order valence-corrected chi connectivity index (χ4v) is 2.73. The minimum absolute atomic E-state index is 0.201. The number of hydrogen-bond acceptors (Lipinski definition) is 6. The summed E-state index contributed by atoms with van der Waals surface area (Å²) in [7, 11) is 0. The second kappa shape index (κ2) is 10.6. The Labute approximate surface area is 167 Å². The molecule has 152 valence electrons. The third-order valence-corrected chi connectivity index (χ3v) is 4.25. The van der Waals surface area contributed by atoms with Crippen LogP contribution in [0.4, 0.5) is 11.4 Å². The van der Waals surface area contributed by atoms with Crippen LogP contribution in [0.15, 0.2) is 53.6 Å². The van der Waals surface area contributed by atoms with Crippen LogP contribution in [0.25, 0.3) is 0 Å². The summed E-state index contributed by atoms with van der Waals surface area (Å²) in [4.78, 5) is 32.9. The normalized spacial score (nSPS) is 11.1. The number of amides is 1. The van der Waals surface area contributed by atoms with Crippen molar-refractivity contribution in [1.29, 1.82) is 0 Å². The summed E-state index contributed by atoms with van der Waals surface area (Å²) >= 11 is 0. The molecule has 0 atom stereocenters. The molecule has 0 saturated heterocycles. The van der Waals surface area contributed by atoms with Crippen molar-refractivity contribution in [2.75, 3.05) is 0 Å². The van der Waals surface area contributed by atoms with Gasteiger partial charge in [-0.05, 0) is 18.4 Å². The van der Waals surface area contributed by atoms with Gasteiger partial charge in [0.2, 0.25) is 0 Å². The van der Waals surface area contributed by atoms with Gasteiger partial charge in [-0.2, -0.15) is 5.10 Å². The molecule has 1 N–H and O–H groups in total. The van der Waals surface area contributed by atoms with E-state index < -0.39 is 27.1 Å². The van der Waals surface area contributed by atoms with Gasteiger partial charge in [-0.15, -0.1) is 0 Å². The molecule has 0 fully saturated rings. The lowest BCUT2D eigenvalue weighted by atomic mass is 10.0. The van der Waals surface area contributed by atoms with Crippen molar-refractivity contribution < 1.29 is 14.6 Å². The Hall–Kier alpha value is -3.62. The highest BCUT2D eigenvalue weighted by atomic mass is 16.6. The molecule has 0 spiro atoms. The zero-order valence-electron chi connectivity index (χ0n) is 16.0. The number of carbonyl (C=O) groups excluding carboxylic acids is 1. The first kappa shape index (κ1) is 21.7. The van der Waals surface area contributed by atoms with Crippen molar-refractivity contribution in [1.82, 2.24) is 5.43 Å². The topological polar surface area (TPSA) is 128 Å². The van der Waals surface area contributed by atoms with Gasteiger partial charge in [0, 0.05) is 12.1 Å². The number of carbonyl (C=O) groups is 1. The number of hydrogen-bond donors (Lipinski definition) is 1. The van der Waals surface area contributed by atoms with Gasteiger partial charge in [-0.1, -0.05) is 56.5 Å². The van der Waals surface area contributed by atoms with Crippen LogP contribution in [-0.4, -0.2) is 21.5 Å². The number of nitro benzene ring substituents is 2. The van der Waals surface area contributed by atoms with Crippen molar-refractivity contribution in [2.24, 2.45) is 5.10 Å². The predicted octanol–water partition coefficient (Wildman–Crippen LogP) is 4.61. The van der Waals surface area contributed by atoms with Gasteiger partial charge in [0.05, 0.1) is 27.2 Å². The minimum atomic E-state index is -0.782. The molecular weight excluding hydrogens is 376 g/mol. The summed E-state index contributed by atoms with van der Waals surface area (Å²) in [6.07, 6.45) is 4.79. The predicted molar refractivity (Wildman–Crippen MR) is 109 cm³/mol. The van der Waals surface area contributed by atoms with Crippen LogP contribution in [-0.2, 0) is 0 Å². The number of nitrogens with one attached hydrogen (secondary N) is 1. The van der Waals surface area contributed by atoms with Gasteiger partial charge >= 0.3 is 0 Å². The van der Waals surface area contributed by atoms with Gasteiger partial charge in [0.15, 0.2) is 0 Å². The van der Waals surface area contributed by atoms with Crippen molar-refractivity contribution in [2.45, 2.75) is 39.0 Å². The van der Waals surface area contributed by atoms with Crippen LogP contribution < -0.4 is 5.43 Å². The number of hydrazone groups is 1. The fraction of sp³-hybridized carbons (Fsp3) is 0.300. The minimum Gasteiger partial charge on any atom is -0.267 e. The highest BCUT2D eigenvalue weighted by Gasteiger charge is 2.20. The molecule has 2 aromatic rings. The number of nitro groups is 2. The second-order valence-corrected chi connectivity index (χ2v) is 6.43. The molecule has 0 saturated carbocycles. The van der Waals surface area contributed by atoms with E-state index in [0.29, 0.717) is 12.1 Å². The highest BCUT2D eigenvalue weighted by Crippen LogP contribution is 2.22. The fourth-order valence-electron chi connectivity index (χ4n) is 2.73.